The zero-order chi connectivity index (χ0) is 18.5. The molecule has 134 valence electrons. The summed E-state index contributed by atoms with van der Waals surface area (Å²) in [4.78, 5) is 8.81. The second-order valence-corrected chi connectivity index (χ2v) is 5.83. The summed E-state index contributed by atoms with van der Waals surface area (Å²) in [5.74, 6) is 2.52. The van der Waals surface area contributed by atoms with E-state index in [0.29, 0.717) is 17.4 Å². The molecule has 6 heteroatoms. The maximum absolute atomic E-state index is 5.32. The topological polar surface area (TPSA) is 68.3 Å². The van der Waals surface area contributed by atoms with E-state index in [2.05, 4.69) is 40.5 Å². The SMILES string of the molecule is COc1ccc(Nc2nccc(Nc3cccc(C)c3C)n2)cc1OC. The molecule has 0 spiro atoms. The normalized spacial score (nSPS) is 10.3. The zero-order valence-corrected chi connectivity index (χ0v) is 15.3. The summed E-state index contributed by atoms with van der Waals surface area (Å²) in [6, 6.07) is 13.5. The van der Waals surface area contributed by atoms with Crippen LogP contribution >= 0.6 is 0 Å². The van der Waals surface area contributed by atoms with Gasteiger partial charge in [0.1, 0.15) is 5.82 Å². The molecule has 0 aliphatic carbocycles. The molecule has 0 amide bonds. The maximum atomic E-state index is 5.32. The van der Waals surface area contributed by atoms with Crippen LogP contribution < -0.4 is 20.1 Å². The van der Waals surface area contributed by atoms with E-state index >= 15 is 0 Å². The first-order chi connectivity index (χ1) is 12.6. The standard InChI is InChI=1S/C20H22N4O2/c1-13-6-5-7-16(14(13)2)23-19-10-11-21-20(24-19)22-15-8-9-17(25-3)18(12-15)26-4/h5-12H,1-4H3,(H2,21,22,23,24). The van der Waals surface area contributed by atoms with Crippen LogP contribution in [0.3, 0.4) is 0 Å². The van der Waals surface area contributed by atoms with Crippen LogP contribution in [0.2, 0.25) is 0 Å². The van der Waals surface area contributed by atoms with Crippen molar-refractivity contribution >= 4 is 23.1 Å². The lowest BCUT2D eigenvalue weighted by Gasteiger charge is -2.13. The molecule has 0 saturated heterocycles. The van der Waals surface area contributed by atoms with Gasteiger partial charge in [0.15, 0.2) is 11.5 Å². The molecule has 0 radical (unpaired) electrons. The van der Waals surface area contributed by atoms with Crippen molar-refractivity contribution in [2.45, 2.75) is 13.8 Å². The largest absolute Gasteiger partial charge is 0.493 e. The van der Waals surface area contributed by atoms with Gasteiger partial charge in [0.25, 0.3) is 0 Å². The Morgan fingerprint density at radius 1 is 0.885 bits per heavy atom. The highest BCUT2D eigenvalue weighted by Gasteiger charge is 2.07. The molecular weight excluding hydrogens is 328 g/mol. The number of anilines is 4. The molecule has 0 fully saturated rings. The van der Waals surface area contributed by atoms with E-state index in [0.717, 1.165) is 17.2 Å². The van der Waals surface area contributed by atoms with Crippen LogP contribution in [0.25, 0.3) is 0 Å². The van der Waals surface area contributed by atoms with Crippen LogP contribution in [0.1, 0.15) is 11.1 Å². The molecule has 1 aromatic heterocycles. The van der Waals surface area contributed by atoms with Crippen LogP contribution in [-0.2, 0) is 0 Å². The van der Waals surface area contributed by atoms with Gasteiger partial charge in [-0.2, -0.15) is 4.98 Å². The van der Waals surface area contributed by atoms with Crippen LogP contribution in [0, 0.1) is 13.8 Å². The molecule has 0 aliphatic heterocycles. The van der Waals surface area contributed by atoms with Gasteiger partial charge in [-0.1, -0.05) is 12.1 Å². The summed E-state index contributed by atoms with van der Waals surface area (Å²) in [6.45, 7) is 4.17. The number of hydrogen-bond donors (Lipinski definition) is 2. The minimum atomic E-state index is 0.493. The minimum Gasteiger partial charge on any atom is -0.493 e. The average Bonchev–Trinajstić information content (AvgIpc) is 2.65. The third-order valence-electron chi connectivity index (χ3n) is 4.16. The van der Waals surface area contributed by atoms with E-state index in [-0.39, 0.29) is 0 Å². The highest BCUT2D eigenvalue weighted by Crippen LogP contribution is 2.30. The van der Waals surface area contributed by atoms with E-state index < -0.39 is 0 Å². The molecule has 3 aromatic rings. The molecule has 0 aliphatic rings. The summed E-state index contributed by atoms with van der Waals surface area (Å²) in [6.07, 6.45) is 1.71. The van der Waals surface area contributed by atoms with Gasteiger partial charge >= 0.3 is 0 Å². The zero-order valence-electron chi connectivity index (χ0n) is 15.3. The minimum absolute atomic E-state index is 0.493. The van der Waals surface area contributed by atoms with Crippen molar-refractivity contribution < 1.29 is 9.47 Å². The van der Waals surface area contributed by atoms with E-state index in [4.69, 9.17) is 9.47 Å². The first-order valence-corrected chi connectivity index (χ1v) is 8.26. The average molecular weight is 350 g/mol. The van der Waals surface area contributed by atoms with Gasteiger partial charge in [-0.05, 0) is 49.2 Å². The van der Waals surface area contributed by atoms with Crippen molar-refractivity contribution in [3.8, 4) is 11.5 Å². The van der Waals surface area contributed by atoms with Gasteiger partial charge < -0.3 is 20.1 Å². The second kappa shape index (κ2) is 7.74. The predicted octanol–water partition coefficient (Wildman–Crippen LogP) is 4.60. The number of benzene rings is 2. The molecule has 1 heterocycles. The Morgan fingerprint density at radius 3 is 2.46 bits per heavy atom. The highest BCUT2D eigenvalue weighted by molar-refractivity contribution is 5.64. The molecule has 0 saturated carbocycles. The van der Waals surface area contributed by atoms with Crippen LogP contribution in [-0.4, -0.2) is 24.2 Å². The van der Waals surface area contributed by atoms with E-state index in [1.165, 1.54) is 11.1 Å². The Labute approximate surface area is 153 Å². The number of nitrogens with one attached hydrogen (secondary N) is 2. The van der Waals surface area contributed by atoms with Gasteiger partial charge in [0, 0.05) is 23.6 Å². The van der Waals surface area contributed by atoms with E-state index in [9.17, 15) is 0 Å². The molecular formula is C20H22N4O2. The van der Waals surface area contributed by atoms with Gasteiger partial charge in [-0.3, -0.25) is 0 Å². The van der Waals surface area contributed by atoms with E-state index in [1.807, 2.05) is 36.4 Å². The summed E-state index contributed by atoms with van der Waals surface area (Å²) in [5, 5.41) is 6.53. The van der Waals surface area contributed by atoms with Crippen molar-refractivity contribution in [3.63, 3.8) is 0 Å². The maximum Gasteiger partial charge on any atom is 0.229 e. The molecule has 6 nitrogen and oxygen atoms in total. The van der Waals surface area contributed by atoms with Crippen molar-refractivity contribution in [2.24, 2.45) is 0 Å². The first kappa shape index (κ1) is 17.5. The van der Waals surface area contributed by atoms with Crippen molar-refractivity contribution in [1.29, 1.82) is 0 Å². The van der Waals surface area contributed by atoms with Crippen molar-refractivity contribution in [2.75, 3.05) is 24.9 Å². The van der Waals surface area contributed by atoms with Gasteiger partial charge in [0.05, 0.1) is 14.2 Å². The fourth-order valence-corrected chi connectivity index (χ4v) is 2.56. The lowest BCUT2D eigenvalue weighted by Crippen LogP contribution is -2.02. The van der Waals surface area contributed by atoms with Gasteiger partial charge in [-0.25, -0.2) is 4.98 Å². The van der Waals surface area contributed by atoms with Crippen molar-refractivity contribution in [3.05, 3.63) is 59.8 Å². The van der Waals surface area contributed by atoms with Gasteiger partial charge in [0.2, 0.25) is 5.95 Å². The number of aromatic nitrogens is 2. The quantitative estimate of drug-likeness (QED) is 0.677. The summed E-state index contributed by atoms with van der Waals surface area (Å²) < 4.78 is 10.6. The molecule has 0 atom stereocenters. The molecule has 26 heavy (non-hydrogen) atoms. The predicted molar refractivity (Wildman–Crippen MR) is 104 cm³/mol. The summed E-state index contributed by atoms with van der Waals surface area (Å²) in [5.41, 5.74) is 4.26. The number of methoxy groups -OCH3 is 2. The molecule has 0 bridgehead atoms. The molecule has 2 N–H and O–H groups in total. The molecule has 0 unspecified atom stereocenters. The van der Waals surface area contributed by atoms with E-state index in [1.54, 1.807) is 20.4 Å². The van der Waals surface area contributed by atoms with Crippen LogP contribution in [0.15, 0.2) is 48.7 Å². The fourth-order valence-electron chi connectivity index (χ4n) is 2.56. The number of nitrogens with zero attached hydrogens (tertiary/aromatic N) is 2. The molecule has 2 aromatic carbocycles. The lowest BCUT2D eigenvalue weighted by molar-refractivity contribution is 0.355. The summed E-state index contributed by atoms with van der Waals surface area (Å²) in [7, 11) is 3.21. The Morgan fingerprint density at radius 2 is 1.69 bits per heavy atom. The Balaban J connectivity index is 1.80. The molecule has 3 rings (SSSR count). The monoisotopic (exact) mass is 350 g/mol. The van der Waals surface area contributed by atoms with Crippen molar-refractivity contribution in [1.82, 2.24) is 9.97 Å². The Kier molecular flexibility index (Phi) is 5.22. The summed E-state index contributed by atoms with van der Waals surface area (Å²) >= 11 is 0. The Bertz CT molecular complexity index is 912. The third kappa shape index (κ3) is 3.85. The fraction of sp³-hybridized carbons (Fsp3) is 0.200. The first-order valence-electron chi connectivity index (χ1n) is 8.26. The smallest absolute Gasteiger partial charge is 0.229 e. The second-order valence-electron chi connectivity index (χ2n) is 5.83. The number of hydrogen-bond acceptors (Lipinski definition) is 6. The Hall–Kier alpha value is -3.28. The van der Waals surface area contributed by atoms with Crippen LogP contribution in [0.5, 0.6) is 11.5 Å². The highest BCUT2D eigenvalue weighted by atomic mass is 16.5. The van der Waals surface area contributed by atoms with Gasteiger partial charge in [-0.15, -0.1) is 0 Å². The number of rotatable bonds is 6. The van der Waals surface area contributed by atoms with Crippen LogP contribution in [0.4, 0.5) is 23.1 Å². The number of aryl methyl sites for hydroxylation is 1. The third-order valence-corrected chi connectivity index (χ3v) is 4.16. The lowest BCUT2D eigenvalue weighted by atomic mass is 10.1. The number of ether oxygens (including phenoxy) is 2.